The van der Waals surface area contributed by atoms with Crippen LogP contribution < -0.4 is 5.32 Å². The van der Waals surface area contributed by atoms with Crippen molar-refractivity contribution in [2.24, 2.45) is 0 Å². The largest absolute Gasteiger partial charge is 0.464 e. The van der Waals surface area contributed by atoms with Crippen molar-refractivity contribution < 1.29 is 22.7 Å². The lowest BCUT2D eigenvalue weighted by atomic mass is 10.3. The van der Waals surface area contributed by atoms with Gasteiger partial charge in [0.05, 0.1) is 19.5 Å². The van der Waals surface area contributed by atoms with Crippen molar-refractivity contribution in [1.29, 1.82) is 0 Å². The number of ether oxygens (including phenoxy) is 1. The van der Waals surface area contributed by atoms with Gasteiger partial charge in [0, 0.05) is 17.8 Å². The first-order valence-electron chi connectivity index (χ1n) is 5.33. The van der Waals surface area contributed by atoms with E-state index in [9.17, 15) is 18.0 Å². The SMILES string of the molecule is COC(=O)c1cncc(Nc2cc(F)c(F)c(F)c2)n1. The van der Waals surface area contributed by atoms with Crippen molar-refractivity contribution in [2.45, 2.75) is 0 Å². The van der Waals surface area contributed by atoms with Crippen molar-refractivity contribution >= 4 is 17.5 Å². The van der Waals surface area contributed by atoms with Crippen molar-refractivity contribution in [1.82, 2.24) is 9.97 Å². The van der Waals surface area contributed by atoms with Crippen LogP contribution in [0.15, 0.2) is 24.5 Å². The lowest BCUT2D eigenvalue weighted by Gasteiger charge is -2.07. The first-order valence-corrected chi connectivity index (χ1v) is 5.33. The van der Waals surface area contributed by atoms with E-state index < -0.39 is 23.4 Å². The molecule has 1 heterocycles. The maximum absolute atomic E-state index is 13.0. The Labute approximate surface area is 111 Å². The maximum atomic E-state index is 13.0. The Balaban J connectivity index is 2.28. The molecule has 2 rings (SSSR count). The summed E-state index contributed by atoms with van der Waals surface area (Å²) in [7, 11) is 1.18. The fraction of sp³-hybridized carbons (Fsp3) is 0.0833. The lowest BCUT2D eigenvalue weighted by molar-refractivity contribution is 0.0593. The van der Waals surface area contributed by atoms with Gasteiger partial charge >= 0.3 is 5.97 Å². The van der Waals surface area contributed by atoms with Crippen LogP contribution in [0.4, 0.5) is 24.7 Å². The summed E-state index contributed by atoms with van der Waals surface area (Å²) in [5, 5.41) is 2.50. The minimum atomic E-state index is -1.56. The smallest absolute Gasteiger partial charge is 0.358 e. The average Bonchev–Trinajstić information content (AvgIpc) is 2.44. The van der Waals surface area contributed by atoms with Gasteiger partial charge in [-0.25, -0.2) is 22.9 Å². The van der Waals surface area contributed by atoms with Gasteiger partial charge in [0.2, 0.25) is 0 Å². The minimum Gasteiger partial charge on any atom is -0.464 e. The Morgan fingerprint density at radius 2 is 1.85 bits per heavy atom. The second kappa shape index (κ2) is 5.55. The molecule has 0 saturated heterocycles. The number of carbonyl (C=O) groups is 1. The highest BCUT2D eigenvalue weighted by Gasteiger charge is 2.12. The number of esters is 1. The summed E-state index contributed by atoms with van der Waals surface area (Å²) in [4.78, 5) is 18.8. The van der Waals surface area contributed by atoms with Gasteiger partial charge in [0.15, 0.2) is 23.1 Å². The summed E-state index contributed by atoms with van der Waals surface area (Å²) in [5.74, 6) is -4.91. The molecule has 0 amide bonds. The second-order valence-corrected chi connectivity index (χ2v) is 3.66. The summed E-state index contributed by atoms with van der Waals surface area (Å²) in [5.41, 5.74) is -0.154. The molecule has 104 valence electrons. The molecule has 1 aromatic heterocycles. The van der Waals surface area contributed by atoms with Gasteiger partial charge in [-0.3, -0.25) is 4.98 Å². The van der Waals surface area contributed by atoms with Crippen LogP contribution in [-0.2, 0) is 4.74 Å². The normalized spacial score (nSPS) is 10.2. The van der Waals surface area contributed by atoms with Gasteiger partial charge in [-0.1, -0.05) is 0 Å². The highest BCUT2D eigenvalue weighted by atomic mass is 19.2. The quantitative estimate of drug-likeness (QED) is 0.692. The highest BCUT2D eigenvalue weighted by Crippen LogP contribution is 2.20. The Morgan fingerprint density at radius 3 is 2.45 bits per heavy atom. The van der Waals surface area contributed by atoms with E-state index in [4.69, 9.17) is 0 Å². The van der Waals surface area contributed by atoms with E-state index in [-0.39, 0.29) is 17.2 Å². The van der Waals surface area contributed by atoms with Crippen LogP contribution in [0, 0.1) is 17.5 Å². The zero-order valence-corrected chi connectivity index (χ0v) is 10.2. The average molecular weight is 283 g/mol. The number of halogens is 3. The van der Waals surface area contributed by atoms with E-state index in [0.29, 0.717) is 0 Å². The van der Waals surface area contributed by atoms with Crippen molar-refractivity contribution in [3.05, 3.63) is 47.7 Å². The third-order valence-corrected chi connectivity index (χ3v) is 2.29. The number of benzene rings is 1. The predicted molar refractivity (Wildman–Crippen MR) is 63.0 cm³/mol. The van der Waals surface area contributed by atoms with Gasteiger partial charge in [-0.2, -0.15) is 0 Å². The molecule has 20 heavy (non-hydrogen) atoms. The van der Waals surface area contributed by atoms with Crippen LogP contribution in [0.2, 0.25) is 0 Å². The molecule has 0 unspecified atom stereocenters. The molecule has 0 aliphatic carbocycles. The Hall–Kier alpha value is -2.64. The summed E-state index contributed by atoms with van der Waals surface area (Å²) in [6.07, 6.45) is 2.40. The van der Waals surface area contributed by atoms with Crippen LogP contribution in [0.25, 0.3) is 0 Å². The number of hydrogen-bond donors (Lipinski definition) is 1. The van der Waals surface area contributed by atoms with E-state index >= 15 is 0 Å². The van der Waals surface area contributed by atoms with Crippen molar-refractivity contribution in [3.8, 4) is 0 Å². The zero-order valence-electron chi connectivity index (χ0n) is 10.2. The lowest BCUT2D eigenvalue weighted by Crippen LogP contribution is -2.07. The van der Waals surface area contributed by atoms with Crippen molar-refractivity contribution in [3.63, 3.8) is 0 Å². The molecule has 0 aliphatic rings. The Bertz CT molecular complexity index is 641. The number of aromatic nitrogens is 2. The summed E-state index contributed by atoms with van der Waals surface area (Å²) >= 11 is 0. The van der Waals surface area contributed by atoms with Crippen molar-refractivity contribution in [2.75, 3.05) is 12.4 Å². The third kappa shape index (κ3) is 2.85. The fourth-order valence-electron chi connectivity index (χ4n) is 1.40. The number of nitrogens with one attached hydrogen (secondary N) is 1. The van der Waals surface area contributed by atoms with Gasteiger partial charge in [-0.15, -0.1) is 0 Å². The van der Waals surface area contributed by atoms with Crippen LogP contribution in [-0.4, -0.2) is 23.0 Å². The Kier molecular flexibility index (Phi) is 3.83. The maximum Gasteiger partial charge on any atom is 0.358 e. The molecule has 0 spiro atoms. The molecule has 0 fully saturated rings. The first kappa shape index (κ1) is 13.8. The molecular weight excluding hydrogens is 275 g/mol. The minimum absolute atomic E-state index is 0.0540. The number of carbonyl (C=O) groups excluding carboxylic acids is 1. The topological polar surface area (TPSA) is 64.1 Å². The zero-order chi connectivity index (χ0) is 14.7. The highest BCUT2D eigenvalue weighted by molar-refractivity contribution is 5.87. The fourth-order valence-corrected chi connectivity index (χ4v) is 1.40. The molecule has 1 N–H and O–H groups in total. The van der Waals surface area contributed by atoms with Gasteiger partial charge in [0.25, 0.3) is 0 Å². The number of rotatable bonds is 3. The van der Waals surface area contributed by atoms with Crippen LogP contribution in [0.3, 0.4) is 0 Å². The molecule has 5 nitrogen and oxygen atoms in total. The molecular formula is C12H8F3N3O2. The molecule has 1 aromatic carbocycles. The second-order valence-electron chi connectivity index (χ2n) is 3.66. The molecule has 8 heteroatoms. The van der Waals surface area contributed by atoms with E-state index in [1.165, 1.54) is 19.5 Å². The van der Waals surface area contributed by atoms with Gasteiger partial charge in [0.1, 0.15) is 5.82 Å². The monoisotopic (exact) mass is 283 g/mol. The van der Waals surface area contributed by atoms with Crippen LogP contribution in [0.5, 0.6) is 0 Å². The molecule has 0 saturated carbocycles. The van der Waals surface area contributed by atoms with E-state index in [2.05, 4.69) is 20.0 Å². The van der Waals surface area contributed by atoms with E-state index in [0.717, 1.165) is 12.1 Å². The number of anilines is 2. The number of methoxy groups -OCH3 is 1. The summed E-state index contributed by atoms with van der Waals surface area (Å²) in [6, 6.07) is 1.51. The molecule has 0 radical (unpaired) electrons. The van der Waals surface area contributed by atoms with Crippen LogP contribution in [0.1, 0.15) is 10.5 Å². The first-order chi connectivity index (χ1) is 9.51. The van der Waals surface area contributed by atoms with Gasteiger partial charge < -0.3 is 10.1 Å². The van der Waals surface area contributed by atoms with E-state index in [1.807, 2.05) is 0 Å². The van der Waals surface area contributed by atoms with E-state index in [1.54, 1.807) is 0 Å². The molecule has 0 atom stereocenters. The summed E-state index contributed by atoms with van der Waals surface area (Å²) < 4.78 is 43.3. The molecule has 0 aliphatic heterocycles. The number of hydrogen-bond acceptors (Lipinski definition) is 5. The predicted octanol–water partition coefficient (Wildman–Crippen LogP) is 2.42. The third-order valence-electron chi connectivity index (χ3n) is 2.29. The Morgan fingerprint density at radius 1 is 1.20 bits per heavy atom. The van der Waals surface area contributed by atoms with Crippen LogP contribution >= 0.6 is 0 Å². The molecule has 2 aromatic rings. The molecule has 0 bridgehead atoms. The summed E-state index contributed by atoms with van der Waals surface area (Å²) in [6.45, 7) is 0. The standard InChI is InChI=1S/C12H8F3N3O2/c1-20-12(19)9-4-16-5-10(18-9)17-6-2-7(13)11(15)8(14)3-6/h2-5H,1H3,(H,17,18). The number of nitrogens with zero attached hydrogens (tertiary/aromatic N) is 2. The van der Waals surface area contributed by atoms with Gasteiger partial charge in [-0.05, 0) is 0 Å².